The van der Waals surface area contributed by atoms with E-state index in [0.717, 1.165) is 18.7 Å². The van der Waals surface area contributed by atoms with E-state index in [9.17, 15) is 9.18 Å². The van der Waals surface area contributed by atoms with Crippen LogP contribution >= 0.6 is 0 Å². The van der Waals surface area contributed by atoms with Gasteiger partial charge in [-0.1, -0.05) is 18.2 Å². The number of piperidine rings is 1. The van der Waals surface area contributed by atoms with Crippen LogP contribution in [0.2, 0.25) is 0 Å². The molecule has 1 aliphatic heterocycles. The lowest BCUT2D eigenvalue weighted by Gasteiger charge is -2.37. The van der Waals surface area contributed by atoms with Gasteiger partial charge in [-0.2, -0.15) is 4.98 Å². The van der Waals surface area contributed by atoms with Gasteiger partial charge >= 0.3 is 0 Å². The van der Waals surface area contributed by atoms with Gasteiger partial charge in [-0.3, -0.25) is 9.89 Å². The highest BCUT2D eigenvalue weighted by molar-refractivity contribution is 5.86. The van der Waals surface area contributed by atoms with Gasteiger partial charge in [0, 0.05) is 31.7 Å². The Kier molecular flexibility index (Phi) is 4.71. The lowest BCUT2D eigenvalue weighted by atomic mass is 9.90. The Hall–Kier alpha value is -2.48. The minimum Gasteiger partial charge on any atom is -0.367 e. The summed E-state index contributed by atoms with van der Waals surface area (Å²) < 4.78 is 19.7. The summed E-state index contributed by atoms with van der Waals surface area (Å²) in [6.07, 6.45) is 1.47. The number of ether oxygens (including phenoxy) is 1. The fourth-order valence-corrected chi connectivity index (χ4v) is 3.29. The summed E-state index contributed by atoms with van der Waals surface area (Å²) in [4.78, 5) is 18.9. The number of halogens is 1. The smallest absolute Gasteiger partial charge is 0.259 e. The molecule has 0 unspecified atom stereocenters. The second-order valence-electron chi connectivity index (χ2n) is 6.36. The normalized spacial score (nSPS) is 18.1. The molecule has 1 amide bonds. The van der Waals surface area contributed by atoms with Gasteiger partial charge in [0.1, 0.15) is 11.6 Å². The average molecular weight is 347 g/mol. The first kappa shape index (κ1) is 17.3. The Balaban J connectivity index is 1.73. The zero-order chi connectivity index (χ0) is 18.0. The summed E-state index contributed by atoms with van der Waals surface area (Å²) in [6.45, 7) is 2.69. The van der Waals surface area contributed by atoms with Crippen LogP contribution in [0.1, 0.15) is 37.1 Å². The number of hydrogen-bond donors (Lipinski definition) is 2. The summed E-state index contributed by atoms with van der Waals surface area (Å²) in [5.74, 6) is 0.451. The number of H-pyrrole nitrogens is 1. The molecule has 1 aliphatic rings. The number of nitrogen functional groups attached to an aromatic ring is 1. The predicted octanol–water partition coefficient (Wildman–Crippen LogP) is 1.79. The highest BCUT2D eigenvalue weighted by Gasteiger charge is 2.41. The monoisotopic (exact) mass is 347 g/mol. The number of nitrogens with zero attached hydrogens (tertiary/aromatic N) is 3. The number of anilines is 1. The third kappa shape index (κ3) is 3.21. The van der Waals surface area contributed by atoms with E-state index in [0.29, 0.717) is 13.1 Å². The highest BCUT2D eigenvalue weighted by Crippen LogP contribution is 2.32. The standard InChI is InChI=1S/C17H22FN5O2/c1-17(25-2,12-5-3-4-6-13(12)18)15(24)23-9-7-11(8-10-23)14-20-16(19)22-21-14/h3-6,11H,7-10H2,1-2H3,(H3,19,20,21,22)/t17-/m0/s1. The van der Waals surface area contributed by atoms with Gasteiger partial charge in [-0.15, -0.1) is 5.10 Å². The van der Waals surface area contributed by atoms with E-state index in [-0.39, 0.29) is 23.3 Å². The molecular weight excluding hydrogens is 325 g/mol. The first-order valence-electron chi connectivity index (χ1n) is 8.23. The number of carbonyl (C=O) groups is 1. The molecule has 0 aliphatic carbocycles. The molecule has 1 aromatic carbocycles. The Morgan fingerprint density at radius 1 is 1.40 bits per heavy atom. The fraction of sp³-hybridized carbons (Fsp3) is 0.471. The van der Waals surface area contributed by atoms with Gasteiger partial charge in [0.05, 0.1) is 0 Å². The Morgan fingerprint density at radius 3 is 2.64 bits per heavy atom. The van der Waals surface area contributed by atoms with Crippen molar-refractivity contribution in [3.8, 4) is 0 Å². The molecule has 0 spiro atoms. The number of nitrogens with one attached hydrogen (secondary N) is 1. The molecule has 3 N–H and O–H groups in total. The summed E-state index contributed by atoms with van der Waals surface area (Å²) in [5.41, 5.74) is 4.44. The van der Waals surface area contributed by atoms with Gasteiger partial charge in [-0.25, -0.2) is 4.39 Å². The van der Waals surface area contributed by atoms with Crippen LogP contribution in [-0.4, -0.2) is 46.2 Å². The topological polar surface area (TPSA) is 97.1 Å². The lowest BCUT2D eigenvalue weighted by Crippen LogP contribution is -2.49. The molecule has 2 aromatic rings. The number of benzene rings is 1. The lowest BCUT2D eigenvalue weighted by molar-refractivity contribution is -0.155. The Morgan fingerprint density at radius 2 is 2.08 bits per heavy atom. The van der Waals surface area contributed by atoms with Crippen molar-refractivity contribution in [3.63, 3.8) is 0 Å². The number of likely N-dealkylation sites (tertiary alicyclic amines) is 1. The van der Waals surface area contributed by atoms with Gasteiger partial charge in [0.2, 0.25) is 5.95 Å². The Labute approximate surface area is 145 Å². The van der Waals surface area contributed by atoms with Crippen LogP contribution in [0.3, 0.4) is 0 Å². The quantitative estimate of drug-likeness (QED) is 0.879. The minimum absolute atomic E-state index is 0.177. The van der Waals surface area contributed by atoms with E-state index in [4.69, 9.17) is 10.5 Å². The second kappa shape index (κ2) is 6.79. The first-order valence-corrected chi connectivity index (χ1v) is 8.23. The number of methoxy groups -OCH3 is 1. The molecular formula is C17H22FN5O2. The zero-order valence-electron chi connectivity index (χ0n) is 14.3. The number of aromatic nitrogens is 3. The average Bonchev–Trinajstić information content (AvgIpc) is 3.07. The molecule has 3 rings (SSSR count). The van der Waals surface area contributed by atoms with Crippen molar-refractivity contribution in [1.29, 1.82) is 0 Å². The molecule has 1 fully saturated rings. The van der Waals surface area contributed by atoms with Crippen LogP contribution in [-0.2, 0) is 15.1 Å². The third-order valence-corrected chi connectivity index (χ3v) is 4.89. The van der Waals surface area contributed by atoms with Gasteiger partial charge in [0.25, 0.3) is 5.91 Å². The maximum absolute atomic E-state index is 14.2. The number of rotatable bonds is 4. The largest absolute Gasteiger partial charge is 0.367 e. The summed E-state index contributed by atoms with van der Waals surface area (Å²) in [6, 6.07) is 6.21. The number of amides is 1. The van der Waals surface area contributed by atoms with Crippen molar-refractivity contribution in [3.05, 3.63) is 41.5 Å². The fourth-order valence-electron chi connectivity index (χ4n) is 3.29. The molecule has 8 heteroatoms. The number of nitrogens with two attached hydrogens (primary N) is 1. The van der Waals surface area contributed by atoms with Gasteiger partial charge in [-0.05, 0) is 25.8 Å². The zero-order valence-corrected chi connectivity index (χ0v) is 14.3. The molecule has 0 bridgehead atoms. The minimum atomic E-state index is -1.35. The molecule has 1 atom stereocenters. The van der Waals surface area contributed by atoms with Crippen LogP contribution in [0.15, 0.2) is 24.3 Å². The van der Waals surface area contributed by atoms with E-state index in [1.54, 1.807) is 30.0 Å². The number of aromatic amines is 1. The van der Waals surface area contributed by atoms with E-state index in [1.165, 1.54) is 13.2 Å². The highest BCUT2D eigenvalue weighted by atomic mass is 19.1. The number of carbonyl (C=O) groups excluding carboxylic acids is 1. The van der Waals surface area contributed by atoms with Crippen LogP contribution in [0.5, 0.6) is 0 Å². The molecule has 2 heterocycles. The van der Waals surface area contributed by atoms with Gasteiger partial charge < -0.3 is 15.4 Å². The van der Waals surface area contributed by atoms with Crippen molar-refractivity contribution in [2.24, 2.45) is 0 Å². The van der Waals surface area contributed by atoms with Crippen molar-refractivity contribution in [2.45, 2.75) is 31.3 Å². The van der Waals surface area contributed by atoms with Gasteiger partial charge in [0.15, 0.2) is 5.60 Å². The second-order valence-corrected chi connectivity index (χ2v) is 6.36. The first-order chi connectivity index (χ1) is 12.0. The summed E-state index contributed by atoms with van der Waals surface area (Å²) in [5, 5.41) is 6.68. The molecule has 1 saturated heterocycles. The molecule has 0 saturated carbocycles. The number of hydrogen-bond acceptors (Lipinski definition) is 5. The van der Waals surface area contributed by atoms with Crippen LogP contribution in [0, 0.1) is 5.82 Å². The van der Waals surface area contributed by atoms with E-state index in [1.807, 2.05) is 0 Å². The van der Waals surface area contributed by atoms with Crippen molar-refractivity contribution in [1.82, 2.24) is 20.1 Å². The maximum atomic E-state index is 14.2. The Bertz CT molecular complexity index is 757. The molecule has 0 radical (unpaired) electrons. The summed E-state index contributed by atoms with van der Waals surface area (Å²) >= 11 is 0. The maximum Gasteiger partial charge on any atom is 0.259 e. The molecule has 7 nitrogen and oxygen atoms in total. The molecule has 25 heavy (non-hydrogen) atoms. The van der Waals surface area contributed by atoms with Crippen LogP contribution in [0.4, 0.5) is 10.3 Å². The predicted molar refractivity (Wildman–Crippen MR) is 90.1 cm³/mol. The SMILES string of the molecule is CO[C@](C)(C(=O)N1CCC(c2nc(N)n[nH]2)CC1)c1ccccc1F. The summed E-state index contributed by atoms with van der Waals surface area (Å²) in [7, 11) is 1.42. The van der Waals surface area contributed by atoms with Crippen LogP contribution < -0.4 is 5.73 Å². The van der Waals surface area contributed by atoms with Crippen LogP contribution in [0.25, 0.3) is 0 Å². The third-order valence-electron chi connectivity index (χ3n) is 4.89. The van der Waals surface area contributed by atoms with E-state index >= 15 is 0 Å². The van der Waals surface area contributed by atoms with Crippen molar-refractivity contribution < 1.29 is 13.9 Å². The van der Waals surface area contributed by atoms with E-state index in [2.05, 4.69) is 15.2 Å². The van der Waals surface area contributed by atoms with Crippen molar-refractivity contribution in [2.75, 3.05) is 25.9 Å². The molecule has 134 valence electrons. The van der Waals surface area contributed by atoms with Crippen molar-refractivity contribution >= 4 is 11.9 Å². The van der Waals surface area contributed by atoms with E-state index < -0.39 is 11.4 Å². The molecule has 1 aromatic heterocycles.